The Morgan fingerprint density at radius 1 is 1.04 bits per heavy atom. The summed E-state index contributed by atoms with van der Waals surface area (Å²) in [7, 11) is 0. The number of hydrogen-bond donors (Lipinski definition) is 0. The summed E-state index contributed by atoms with van der Waals surface area (Å²) in [4.78, 5) is 9.46. The number of rotatable bonds is 6. The minimum atomic E-state index is 0.447. The van der Waals surface area contributed by atoms with Gasteiger partial charge in [-0.2, -0.15) is 4.98 Å². The molecule has 1 atom stereocenters. The first kappa shape index (κ1) is 16.7. The Morgan fingerprint density at radius 3 is 2.60 bits per heavy atom. The zero-order valence-electron chi connectivity index (χ0n) is 14.6. The Balaban J connectivity index is 1.23. The van der Waals surface area contributed by atoms with Gasteiger partial charge in [0.2, 0.25) is 5.89 Å². The normalized spacial score (nSPS) is 22.5. The van der Waals surface area contributed by atoms with Crippen LogP contribution in [-0.4, -0.2) is 65.4 Å². The van der Waals surface area contributed by atoms with E-state index in [1.54, 1.807) is 0 Å². The van der Waals surface area contributed by atoms with E-state index in [-0.39, 0.29) is 0 Å². The van der Waals surface area contributed by atoms with E-state index in [0.29, 0.717) is 6.10 Å². The van der Waals surface area contributed by atoms with Crippen molar-refractivity contribution >= 4 is 0 Å². The molecule has 0 saturated carbocycles. The van der Waals surface area contributed by atoms with Crippen molar-refractivity contribution in [1.82, 2.24) is 19.9 Å². The molecule has 0 spiro atoms. The van der Waals surface area contributed by atoms with Gasteiger partial charge in [-0.25, -0.2) is 0 Å². The molecular formula is C19H26N4O2. The Labute approximate surface area is 148 Å². The van der Waals surface area contributed by atoms with Gasteiger partial charge < -0.3 is 9.26 Å². The molecule has 2 saturated heterocycles. The minimum absolute atomic E-state index is 0.447. The summed E-state index contributed by atoms with van der Waals surface area (Å²) in [6.07, 6.45) is 3.60. The molecule has 2 aliphatic heterocycles. The van der Waals surface area contributed by atoms with Crippen LogP contribution in [0.25, 0.3) is 0 Å². The highest BCUT2D eigenvalue weighted by Gasteiger charge is 2.23. The monoisotopic (exact) mass is 342 g/mol. The standard InChI is InChI=1S/C19H26N4O2/c1-2-5-16(6-3-1)13-18-20-19(25-21-18)15-23-10-8-22(9-11-23)14-17-7-4-12-24-17/h1-3,5-6,17H,4,7-15H2. The summed E-state index contributed by atoms with van der Waals surface area (Å²) in [5.41, 5.74) is 1.21. The Bertz CT molecular complexity index is 646. The molecular weight excluding hydrogens is 316 g/mol. The van der Waals surface area contributed by atoms with Crippen molar-refractivity contribution in [2.75, 3.05) is 39.3 Å². The first-order chi connectivity index (χ1) is 12.3. The molecule has 4 rings (SSSR count). The van der Waals surface area contributed by atoms with Crippen molar-refractivity contribution in [3.05, 3.63) is 47.6 Å². The van der Waals surface area contributed by atoms with Crippen LogP contribution in [0, 0.1) is 0 Å². The highest BCUT2D eigenvalue weighted by atomic mass is 16.5. The van der Waals surface area contributed by atoms with Gasteiger partial charge in [-0.1, -0.05) is 35.5 Å². The zero-order chi connectivity index (χ0) is 16.9. The first-order valence-electron chi connectivity index (χ1n) is 9.27. The van der Waals surface area contributed by atoms with E-state index >= 15 is 0 Å². The summed E-state index contributed by atoms with van der Waals surface area (Å²) in [6, 6.07) is 10.3. The van der Waals surface area contributed by atoms with Crippen LogP contribution in [0.5, 0.6) is 0 Å². The second-order valence-electron chi connectivity index (χ2n) is 6.98. The van der Waals surface area contributed by atoms with Crippen LogP contribution in [0.4, 0.5) is 0 Å². The van der Waals surface area contributed by atoms with Crippen molar-refractivity contribution in [2.24, 2.45) is 0 Å². The molecule has 0 bridgehead atoms. The maximum Gasteiger partial charge on any atom is 0.240 e. The van der Waals surface area contributed by atoms with Gasteiger partial charge in [0.1, 0.15) is 0 Å². The number of benzene rings is 1. The molecule has 0 aliphatic carbocycles. The molecule has 0 amide bonds. The molecule has 1 unspecified atom stereocenters. The maximum atomic E-state index is 5.74. The van der Waals surface area contributed by atoms with Crippen LogP contribution in [0.3, 0.4) is 0 Å². The average molecular weight is 342 g/mol. The molecule has 1 aromatic heterocycles. The van der Waals surface area contributed by atoms with Crippen LogP contribution in [0.1, 0.15) is 30.1 Å². The quantitative estimate of drug-likeness (QED) is 0.800. The lowest BCUT2D eigenvalue weighted by Crippen LogP contribution is -2.48. The Morgan fingerprint density at radius 2 is 1.84 bits per heavy atom. The number of aromatic nitrogens is 2. The van der Waals surface area contributed by atoms with Crippen LogP contribution in [0.2, 0.25) is 0 Å². The van der Waals surface area contributed by atoms with Crippen molar-refractivity contribution in [3.63, 3.8) is 0 Å². The third-order valence-corrected chi connectivity index (χ3v) is 5.02. The summed E-state index contributed by atoms with van der Waals surface area (Å²) in [5, 5.41) is 4.12. The summed E-state index contributed by atoms with van der Waals surface area (Å²) in [5.74, 6) is 1.48. The van der Waals surface area contributed by atoms with E-state index in [2.05, 4.69) is 32.1 Å². The molecule has 2 fully saturated rings. The lowest BCUT2D eigenvalue weighted by atomic mass is 10.1. The van der Waals surface area contributed by atoms with E-state index in [1.165, 1.54) is 18.4 Å². The van der Waals surface area contributed by atoms with Crippen LogP contribution in [0.15, 0.2) is 34.9 Å². The second kappa shape index (κ2) is 8.08. The lowest BCUT2D eigenvalue weighted by molar-refractivity contribution is 0.0468. The molecule has 2 aliphatic rings. The first-order valence-corrected chi connectivity index (χ1v) is 9.27. The summed E-state index contributed by atoms with van der Waals surface area (Å²) < 4.78 is 11.2. The smallest absolute Gasteiger partial charge is 0.240 e. The van der Waals surface area contributed by atoms with Crippen molar-refractivity contribution in [2.45, 2.75) is 31.9 Å². The predicted molar refractivity (Wildman–Crippen MR) is 94.2 cm³/mol. The molecule has 2 aromatic rings. The van der Waals surface area contributed by atoms with Crippen LogP contribution < -0.4 is 0 Å². The third-order valence-electron chi connectivity index (χ3n) is 5.02. The van der Waals surface area contributed by atoms with Gasteiger partial charge in [0.05, 0.1) is 12.6 Å². The number of ether oxygens (including phenoxy) is 1. The van der Waals surface area contributed by atoms with Crippen LogP contribution in [-0.2, 0) is 17.7 Å². The van der Waals surface area contributed by atoms with E-state index in [4.69, 9.17) is 9.26 Å². The maximum absolute atomic E-state index is 5.74. The SMILES string of the molecule is c1ccc(Cc2noc(CN3CCN(CC4CCCO4)CC3)n2)cc1. The van der Waals surface area contributed by atoms with Crippen LogP contribution >= 0.6 is 0 Å². The van der Waals surface area contributed by atoms with E-state index < -0.39 is 0 Å². The molecule has 0 radical (unpaired) electrons. The fourth-order valence-corrected chi connectivity index (χ4v) is 3.60. The topological polar surface area (TPSA) is 54.6 Å². The molecule has 6 heteroatoms. The van der Waals surface area contributed by atoms with Gasteiger partial charge in [-0.15, -0.1) is 0 Å². The van der Waals surface area contributed by atoms with Gasteiger partial charge in [0.25, 0.3) is 0 Å². The molecule has 1 aromatic carbocycles. The van der Waals surface area contributed by atoms with E-state index in [1.807, 2.05) is 18.2 Å². The fraction of sp³-hybridized carbons (Fsp3) is 0.579. The molecule has 3 heterocycles. The Kier molecular flexibility index (Phi) is 5.40. The number of nitrogens with zero attached hydrogens (tertiary/aromatic N) is 4. The highest BCUT2D eigenvalue weighted by molar-refractivity contribution is 5.18. The van der Waals surface area contributed by atoms with Gasteiger partial charge >= 0.3 is 0 Å². The highest BCUT2D eigenvalue weighted by Crippen LogP contribution is 2.15. The largest absolute Gasteiger partial charge is 0.377 e. The Hall–Kier alpha value is -1.76. The third kappa shape index (κ3) is 4.66. The van der Waals surface area contributed by atoms with Gasteiger partial charge in [0.15, 0.2) is 5.82 Å². The van der Waals surface area contributed by atoms with Gasteiger partial charge in [-0.05, 0) is 18.4 Å². The van der Waals surface area contributed by atoms with Crippen molar-refractivity contribution in [3.8, 4) is 0 Å². The summed E-state index contributed by atoms with van der Waals surface area (Å²) >= 11 is 0. The molecule has 6 nitrogen and oxygen atoms in total. The number of piperazine rings is 1. The van der Waals surface area contributed by atoms with Gasteiger partial charge in [-0.3, -0.25) is 9.80 Å². The average Bonchev–Trinajstić information content (AvgIpc) is 3.30. The van der Waals surface area contributed by atoms with Crippen molar-refractivity contribution in [1.29, 1.82) is 0 Å². The zero-order valence-corrected chi connectivity index (χ0v) is 14.6. The summed E-state index contributed by atoms with van der Waals surface area (Å²) in [6.45, 7) is 7.03. The number of hydrogen-bond acceptors (Lipinski definition) is 6. The minimum Gasteiger partial charge on any atom is -0.377 e. The predicted octanol–water partition coefficient (Wildman–Crippen LogP) is 1.96. The van der Waals surface area contributed by atoms with Gasteiger partial charge in [0, 0.05) is 45.8 Å². The van der Waals surface area contributed by atoms with Crippen molar-refractivity contribution < 1.29 is 9.26 Å². The second-order valence-corrected chi connectivity index (χ2v) is 6.98. The van der Waals surface area contributed by atoms with E-state index in [0.717, 1.165) is 64.0 Å². The molecule has 0 N–H and O–H groups in total. The molecule has 25 heavy (non-hydrogen) atoms. The molecule has 134 valence electrons. The lowest BCUT2D eigenvalue weighted by Gasteiger charge is -2.34. The van der Waals surface area contributed by atoms with E-state index in [9.17, 15) is 0 Å². The fourth-order valence-electron chi connectivity index (χ4n) is 3.60.